The van der Waals surface area contributed by atoms with Crippen LogP contribution >= 0.6 is 0 Å². The van der Waals surface area contributed by atoms with Crippen LogP contribution in [0.2, 0.25) is 0 Å². The van der Waals surface area contributed by atoms with Gasteiger partial charge >= 0.3 is 0 Å². The Morgan fingerprint density at radius 3 is 2.25 bits per heavy atom. The summed E-state index contributed by atoms with van der Waals surface area (Å²) in [7, 11) is 0. The van der Waals surface area contributed by atoms with Crippen molar-refractivity contribution < 1.29 is 0 Å². The van der Waals surface area contributed by atoms with Crippen LogP contribution in [0.3, 0.4) is 0 Å². The van der Waals surface area contributed by atoms with Gasteiger partial charge in [0, 0.05) is 5.54 Å². The molecule has 1 nitrogen and oxygen atoms in total. The van der Waals surface area contributed by atoms with Crippen LogP contribution < -0.4 is 5.32 Å². The average molecular weight is 113 g/mol. The van der Waals surface area contributed by atoms with Crippen molar-refractivity contribution in [1.82, 2.24) is 5.32 Å². The lowest BCUT2D eigenvalue weighted by molar-refractivity contribution is 0.304. The summed E-state index contributed by atoms with van der Waals surface area (Å²) in [5, 5.41) is 3.46. The first-order chi connectivity index (χ1) is 3.71. The summed E-state index contributed by atoms with van der Waals surface area (Å²) in [6.07, 6.45) is 4.11. The van der Waals surface area contributed by atoms with Gasteiger partial charge in [-0.05, 0) is 33.2 Å². The molecule has 1 fully saturated rings. The second-order valence-electron chi connectivity index (χ2n) is 3.27. The lowest BCUT2D eigenvalue weighted by atomic mass is 9.93. The van der Waals surface area contributed by atoms with Gasteiger partial charge in [0.25, 0.3) is 0 Å². The van der Waals surface area contributed by atoms with Gasteiger partial charge in [0.1, 0.15) is 0 Å². The molecule has 1 rings (SSSR count). The van der Waals surface area contributed by atoms with Gasteiger partial charge in [0.2, 0.25) is 0 Å². The van der Waals surface area contributed by atoms with Gasteiger partial charge in [-0.1, -0.05) is 6.42 Å². The predicted molar refractivity (Wildman–Crippen MR) is 35.9 cm³/mol. The number of rotatable bonds is 0. The average Bonchev–Trinajstić information content (AvgIpc) is 1.65. The number of piperidine rings is 1. The van der Waals surface area contributed by atoms with E-state index >= 15 is 0 Å². The summed E-state index contributed by atoms with van der Waals surface area (Å²) in [5.41, 5.74) is 0.429. The largest absolute Gasteiger partial charge is 0.312 e. The van der Waals surface area contributed by atoms with E-state index in [1.165, 1.54) is 25.8 Å². The minimum atomic E-state index is 0.429. The van der Waals surface area contributed by atoms with Crippen molar-refractivity contribution in [2.45, 2.75) is 38.6 Å². The molecule has 0 unspecified atom stereocenters. The quantitative estimate of drug-likeness (QED) is 0.502. The van der Waals surface area contributed by atoms with Crippen molar-refractivity contribution in [3.05, 3.63) is 0 Å². The lowest BCUT2D eigenvalue weighted by Gasteiger charge is -2.30. The molecule has 1 aliphatic heterocycles. The van der Waals surface area contributed by atoms with Crippen LogP contribution in [0.1, 0.15) is 33.1 Å². The van der Waals surface area contributed by atoms with Crippen LogP contribution in [-0.4, -0.2) is 12.1 Å². The van der Waals surface area contributed by atoms with Crippen LogP contribution in [0.25, 0.3) is 0 Å². The van der Waals surface area contributed by atoms with E-state index in [1.54, 1.807) is 0 Å². The first-order valence-electron chi connectivity index (χ1n) is 3.46. The normalized spacial score (nSPS) is 27.8. The van der Waals surface area contributed by atoms with Gasteiger partial charge in [-0.25, -0.2) is 0 Å². The molecule has 1 heteroatoms. The van der Waals surface area contributed by atoms with Crippen LogP contribution in [0, 0.1) is 0 Å². The zero-order chi connectivity index (χ0) is 6.04. The van der Waals surface area contributed by atoms with Crippen LogP contribution in [-0.2, 0) is 0 Å². The van der Waals surface area contributed by atoms with Crippen molar-refractivity contribution in [3.8, 4) is 0 Å². The molecule has 0 aliphatic carbocycles. The molecule has 8 heavy (non-hydrogen) atoms. The molecule has 0 atom stereocenters. The fourth-order valence-electron chi connectivity index (χ4n) is 1.21. The molecule has 0 saturated carbocycles. The number of nitrogens with one attached hydrogen (secondary N) is 1. The van der Waals surface area contributed by atoms with Gasteiger partial charge in [0.15, 0.2) is 0 Å². The molecule has 0 radical (unpaired) electrons. The maximum absolute atomic E-state index is 3.46. The van der Waals surface area contributed by atoms with E-state index in [4.69, 9.17) is 0 Å². The highest BCUT2D eigenvalue weighted by Gasteiger charge is 2.18. The van der Waals surface area contributed by atoms with Crippen LogP contribution in [0.5, 0.6) is 0 Å². The molecule has 1 saturated heterocycles. The minimum absolute atomic E-state index is 0.429. The summed E-state index contributed by atoms with van der Waals surface area (Å²) in [5.74, 6) is 0. The molecule has 0 amide bonds. The fourth-order valence-corrected chi connectivity index (χ4v) is 1.21. The molecule has 48 valence electrons. The second-order valence-corrected chi connectivity index (χ2v) is 3.27. The van der Waals surface area contributed by atoms with Crippen molar-refractivity contribution in [1.29, 1.82) is 0 Å². The lowest BCUT2D eigenvalue weighted by Crippen LogP contribution is -2.42. The standard InChI is InChI=1S/C7H15N/c1-7(2)5-3-4-6-8-7/h8H,3-6H2,1-2H3. The van der Waals surface area contributed by atoms with E-state index in [2.05, 4.69) is 19.2 Å². The molecular formula is C7H15N. The highest BCUT2D eigenvalue weighted by atomic mass is 15.0. The predicted octanol–water partition coefficient (Wildman–Crippen LogP) is 1.54. The van der Waals surface area contributed by atoms with E-state index in [0.717, 1.165) is 0 Å². The van der Waals surface area contributed by atoms with E-state index in [1.807, 2.05) is 0 Å². The molecule has 1 N–H and O–H groups in total. The summed E-state index contributed by atoms with van der Waals surface area (Å²) in [4.78, 5) is 0. The maximum Gasteiger partial charge on any atom is 0.0125 e. The van der Waals surface area contributed by atoms with Gasteiger partial charge < -0.3 is 5.32 Å². The second kappa shape index (κ2) is 2.06. The summed E-state index contributed by atoms with van der Waals surface area (Å²) < 4.78 is 0. The summed E-state index contributed by atoms with van der Waals surface area (Å²) >= 11 is 0. The SMILES string of the molecule is CC1(C)CCCCN1. The number of hydrogen-bond donors (Lipinski definition) is 1. The first kappa shape index (κ1) is 6.09. The smallest absolute Gasteiger partial charge is 0.0125 e. The molecule has 0 aromatic heterocycles. The van der Waals surface area contributed by atoms with E-state index in [0.29, 0.717) is 5.54 Å². The molecule has 0 aromatic rings. The van der Waals surface area contributed by atoms with E-state index in [9.17, 15) is 0 Å². The Morgan fingerprint density at radius 1 is 1.25 bits per heavy atom. The van der Waals surface area contributed by atoms with Crippen molar-refractivity contribution in [3.63, 3.8) is 0 Å². The first-order valence-corrected chi connectivity index (χ1v) is 3.46. The Kier molecular flexibility index (Phi) is 1.57. The highest BCUT2D eigenvalue weighted by Crippen LogP contribution is 2.16. The fraction of sp³-hybridized carbons (Fsp3) is 1.00. The van der Waals surface area contributed by atoms with Gasteiger partial charge in [-0.15, -0.1) is 0 Å². The highest BCUT2D eigenvalue weighted by molar-refractivity contribution is 4.80. The third kappa shape index (κ3) is 1.48. The van der Waals surface area contributed by atoms with Gasteiger partial charge in [0.05, 0.1) is 0 Å². The maximum atomic E-state index is 3.46. The monoisotopic (exact) mass is 113 g/mol. The van der Waals surface area contributed by atoms with E-state index in [-0.39, 0.29) is 0 Å². The molecule has 1 heterocycles. The molecule has 0 bridgehead atoms. The van der Waals surface area contributed by atoms with Crippen molar-refractivity contribution in [2.75, 3.05) is 6.54 Å². The zero-order valence-electron chi connectivity index (χ0n) is 5.83. The van der Waals surface area contributed by atoms with Crippen LogP contribution in [0.15, 0.2) is 0 Å². The van der Waals surface area contributed by atoms with Crippen LogP contribution in [0.4, 0.5) is 0 Å². The van der Waals surface area contributed by atoms with Crippen molar-refractivity contribution in [2.24, 2.45) is 0 Å². The molecular weight excluding hydrogens is 98.1 g/mol. The molecule has 0 spiro atoms. The van der Waals surface area contributed by atoms with Crippen molar-refractivity contribution >= 4 is 0 Å². The van der Waals surface area contributed by atoms with E-state index < -0.39 is 0 Å². The third-order valence-corrected chi connectivity index (χ3v) is 1.83. The number of hydrogen-bond acceptors (Lipinski definition) is 1. The Morgan fingerprint density at radius 2 is 2.00 bits per heavy atom. The minimum Gasteiger partial charge on any atom is -0.312 e. The third-order valence-electron chi connectivity index (χ3n) is 1.83. The molecule has 1 aliphatic rings. The zero-order valence-corrected chi connectivity index (χ0v) is 5.83. The van der Waals surface area contributed by atoms with Gasteiger partial charge in [-0.2, -0.15) is 0 Å². The van der Waals surface area contributed by atoms with Gasteiger partial charge in [-0.3, -0.25) is 0 Å². The topological polar surface area (TPSA) is 12.0 Å². The summed E-state index contributed by atoms with van der Waals surface area (Å²) in [6.45, 7) is 5.76. The molecule has 0 aromatic carbocycles. The Hall–Kier alpha value is -0.0400. The Bertz CT molecular complexity index is 68.5. The summed E-state index contributed by atoms with van der Waals surface area (Å²) in [6, 6.07) is 0. The Balaban J connectivity index is 2.33. The Labute approximate surface area is 51.5 Å².